The molecule has 2 nitrogen and oxygen atoms in total. The van der Waals surface area contributed by atoms with Gasteiger partial charge in [0.25, 0.3) is 0 Å². The van der Waals surface area contributed by atoms with E-state index < -0.39 is 0 Å². The summed E-state index contributed by atoms with van der Waals surface area (Å²) in [6, 6.07) is 6.55. The van der Waals surface area contributed by atoms with Crippen molar-refractivity contribution in [2.45, 2.75) is 43.4 Å². The Kier molecular flexibility index (Phi) is 5.03. The molecular weight excluding hydrogens is 323 g/mol. The van der Waals surface area contributed by atoms with Crippen LogP contribution in [-0.2, 0) is 6.42 Å². The molecule has 0 N–H and O–H groups in total. The molecule has 3 rings (SSSR count). The first kappa shape index (κ1) is 15.5. The van der Waals surface area contributed by atoms with Crippen LogP contribution in [0, 0.1) is 0 Å². The summed E-state index contributed by atoms with van der Waals surface area (Å²) in [5, 5.41) is 1.41. The van der Waals surface area contributed by atoms with Crippen LogP contribution < -0.4 is 0 Å². The normalized spacial score (nSPS) is 22.8. The first-order valence-electron chi connectivity index (χ1n) is 7.49. The van der Waals surface area contributed by atoms with E-state index in [1.807, 2.05) is 23.9 Å². The molecule has 0 aliphatic heterocycles. The van der Waals surface area contributed by atoms with Crippen LogP contribution in [0.15, 0.2) is 18.2 Å². The first-order valence-corrected chi connectivity index (χ1v) is 9.69. The van der Waals surface area contributed by atoms with E-state index in [9.17, 15) is 0 Å². The predicted molar refractivity (Wildman–Crippen MR) is 94.0 cm³/mol. The lowest BCUT2D eigenvalue weighted by Crippen LogP contribution is -2.26. The predicted octanol–water partition coefficient (Wildman–Crippen LogP) is 5.32. The van der Waals surface area contributed by atoms with Gasteiger partial charge in [-0.25, -0.2) is 4.98 Å². The monoisotopic (exact) mass is 342 g/mol. The van der Waals surface area contributed by atoms with Crippen molar-refractivity contribution < 1.29 is 0 Å². The van der Waals surface area contributed by atoms with Crippen molar-refractivity contribution in [3.05, 3.63) is 29.0 Å². The number of aromatic nitrogens is 2. The number of hydrogen-bond donors (Lipinski definition) is 0. The Morgan fingerprint density at radius 2 is 2.14 bits per heavy atom. The summed E-state index contributed by atoms with van der Waals surface area (Å²) in [7, 11) is 0. The summed E-state index contributed by atoms with van der Waals surface area (Å²) >= 11 is 14.1. The first-order chi connectivity index (χ1) is 10.2. The summed E-state index contributed by atoms with van der Waals surface area (Å²) < 4.78 is 2.44. The minimum Gasteiger partial charge on any atom is -0.324 e. The molecule has 1 saturated carbocycles. The lowest BCUT2D eigenvalue weighted by molar-refractivity contribution is 0.364. The molecule has 0 radical (unpaired) electrons. The van der Waals surface area contributed by atoms with Gasteiger partial charge in [0.15, 0.2) is 0 Å². The lowest BCUT2D eigenvalue weighted by atomic mass is 9.94. The molecule has 1 aliphatic carbocycles. The van der Waals surface area contributed by atoms with Crippen molar-refractivity contribution in [2.75, 3.05) is 12.1 Å². The number of halogens is 2. The number of aryl methyl sites for hydroxylation is 1. The van der Waals surface area contributed by atoms with Crippen LogP contribution in [-0.4, -0.2) is 26.9 Å². The van der Waals surface area contributed by atoms with Gasteiger partial charge in [0.2, 0.25) is 0 Å². The maximum Gasteiger partial charge on any atom is 0.111 e. The number of alkyl halides is 1. The Balaban J connectivity index is 2.11. The smallest absolute Gasteiger partial charge is 0.111 e. The molecule has 1 aromatic carbocycles. The van der Waals surface area contributed by atoms with E-state index in [-0.39, 0.29) is 0 Å². The maximum atomic E-state index is 6.12. The van der Waals surface area contributed by atoms with Crippen LogP contribution >= 0.6 is 35.0 Å². The average Bonchev–Trinajstić information content (AvgIpc) is 2.84. The fourth-order valence-electron chi connectivity index (χ4n) is 3.40. The number of fused-ring (bicyclic) bond motifs is 1. The molecule has 1 fully saturated rings. The van der Waals surface area contributed by atoms with Crippen molar-refractivity contribution in [1.82, 2.24) is 9.55 Å². The fourth-order valence-corrected chi connectivity index (χ4v) is 4.71. The second-order valence-electron chi connectivity index (χ2n) is 5.60. The average molecular weight is 343 g/mol. The van der Waals surface area contributed by atoms with Crippen LogP contribution in [0.5, 0.6) is 0 Å². The molecule has 1 aromatic heterocycles. The summed E-state index contributed by atoms with van der Waals surface area (Å²) in [6.07, 6.45) is 8.19. The van der Waals surface area contributed by atoms with E-state index in [2.05, 4.69) is 16.9 Å². The van der Waals surface area contributed by atoms with Crippen LogP contribution in [0.25, 0.3) is 11.0 Å². The quantitative estimate of drug-likeness (QED) is 0.700. The third-order valence-electron chi connectivity index (χ3n) is 4.34. The van der Waals surface area contributed by atoms with Gasteiger partial charge in [-0.2, -0.15) is 11.8 Å². The highest BCUT2D eigenvalue weighted by atomic mass is 35.5. The van der Waals surface area contributed by atoms with Crippen LogP contribution in [0.4, 0.5) is 0 Å². The molecule has 0 saturated heterocycles. The second kappa shape index (κ2) is 6.80. The van der Waals surface area contributed by atoms with E-state index in [1.165, 1.54) is 31.2 Å². The number of rotatable bonds is 4. The maximum absolute atomic E-state index is 6.12. The van der Waals surface area contributed by atoms with Gasteiger partial charge >= 0.3 is 0 Å². The molecule has 1 aliphatic rings. The van der Waals surface area contributed by atoms with Gasteiger partial charge in [-0.05, 0) is 37.3 Å². The van der Waals surface area contributed by atoms with Gasteiger partial charge in [-0.1, -0.05) is 24.4 Å². The highest BCUT2D eigenvalue weighted by Crippen LogP contribution is 2.38. The van der Waals surface area contributed by atoms with E-state index in [0.717, 1.165) is 22.8 Å². The zero-order valence-corrected chi connectivity index (χ0v) is 14.5. The minimum atomic E-state index is 0.526. The zero-order chi connectivity index (χ0) is 14.8. The number of thioether (sulfide) groups is 1. The van der Waals surface area contributed by atoms with Gasteiger partial charge in [0.05, 0.1) is 11.0 Å². The van der Waals surface area contributed by atoms with Gasteiger partial charge in [-0.15, -0.1) is 11.6 Å². The summed E-state index contributed by atoms with van der Waals surface area (Å²) in [5.74, 6) is 1.71. The SMILES string of the molecule is CSC1CCCCC1n1c(CCCl)nc2cc(Cl)ccc21. The molecule has 2 atom stereocenters. The highest BCUT2D eigenvalue weighted by molar-refractivity contribution is 7.99. The Labute approximate surface area is 140 Å². The molecule has 21 heavy (non-hydrogen) atoms. The van der Waals surface area contributed by atoms with E-state index in [1.54, 1.807) is 0 Å². The molecule has 0 bridgehead atoms. The second-order valence-corrected chi connectivity index (χ2v) is 7.49. The summed E-state index contributed by atoms with van der Waals surface area (Å²) in [5.41, 5.74) is 2.19. The molecule has 2 unspecified atom stereocenters. The highest BCUT2D eigenvalue weighted by Gasteiger charge is 2.28. The van der Waals surface area contributed by atoms with E-state index >= 15 is 0 Å². The standard InChI is InChI=1S/C16H20Cl2N2S/c1-21-15-5-3-2-4-14(15)20-13-7-6-11(18)10-12(13)19-16(20)8-9-17/h6-7,10,14-15H,2-5,8-9H2,1H3. The molecule has 0 spiro atoms. The van der Waals surface area contributed by atoms with Gasteiger partial charge in [0.1, 0.15) is 5.82 Å². The topological polar surface area (TPSA) is 17.8 Å². The van der Waals surface area contributed by atoms with Gasteiger partial charge in [-0.3, -0.25) is 0 Å². The van der Waals surface area contributed by atoms with Crippen molar-refractivity contribution in [3.8, 4) is 0 Å². The molecular formula is C16H20Cl2N2S. The van der Waals surface area contributed by atoms with Gasteiger partial charge in [0, 0.05) is 28.6 Å². The van der Waals surface area contributed by atoms with Crippen LogP contribution in [0.2, 0.25) is 5.02 Å². The number of imidazole rings is 1. The number of nitrogens with zero attached hydrogens (tertiary/aromatic N) is 2. The molecule has 114 valence electrons. The number of benzene rings is 1. The molecule has 5 heteroatoms. The van der Waals surface area contributed by atoms with E-state index in [0.29, 0.717) is 17.2 Å². The largest absolute Gasteiger partial charge is 0.324 e. The molecule has 2 aromatic rings. The Hall–Kier alpha value is -0.380. The zero-order valence-electron chi connectivity index (χ0n) is 12.2. The van der Waals surface area contributed by atoms with Crippen molar-refractivity contribution in [1.29, 1.82) is 0 Å². The molecule has 1 heterocycles. The Bertz CT molecular complexity index is 626. The van der Waals surface area contributed by atoms with Crippen molar-refractivity contribution >= 4 is 46.0 Å². The van der Waals surface area contributed by atoms with E-state index in [4.69, 9.17) is 28.2 Å². The molecule has 0 amide bonds. The summed E-state index contributed by atoms with van der Waals surface area (Å²) in [4.78, 5) is 4.79. The number of hydrogen-bond acceptors (Lipinski definition) is 2. The summed E-state index contributed by atoms with van der Waals surface area (Å²) in [6.45, 7) is 0. The third-order valence-corrected chi connectivity index (χ3v) is 5.92. The lowest BCUT2D eigenvalue weighted by Gasteiger charge is -2.33. The Morgan fingerprint density at radius 3 is 2.90 bits per heavy atom. The van der Waals surface area contributed by atoms with Crippen molar-refractivity contribution in [3.63, 3.8) is 0 Å². The van der Waals surface area contributed by atoms with Crippen LogP contribution in [0.1, 0.15) is 37.5 Å². The third kappa shape index (κ3) is 3.06. The minimum absolute atomic E-state index is 0.526. The Morgan fingerprint density at radius 1 is 1.33 bits per heavy atom. The fraction of sp³-hybridized carbons (Fsp3) is 0.562. The van der Waals surface area contributed by atoms with Crippen LogP contribution in [0.3, 0.4) is 0 Å². The van der Waals surface area contributed by atoms with Gasteiger partial charge < -0.3 is 4.57 Å². The van der Waals surface area contributed by atoms with Crippen molar-refractivity contribution in [2.24, 2.45) is 0 Å².